The van der Waals surface area contributed by atoms with E-state index in [1.807, 2.05) is 0 Å². The van der Waals surface area contributed by atoms with Crippen LogP contribution in [0, 0.1) is 23.7 Å². The first-order valence-electron chi connectivity index (χ1n) is 7.01. The Bertz CT molecular complexity index is 291. The van der Waals surface area contributed by atoms with Crippen LogP contribution in [0.25, 0.3) is 0 Å². The Kier molecular flexibility index (Phi) is 3.48. The third-order valence-electron chi connectivity index (χ3n) is 5.07. The summed E-state index contributed by atoms with van der Waals surface area (Å²) >= 11 is 0. The molecule has 0 aromatic rings. The average molecular weight is 238 g/mol. The topological polar surface area (TPSA) is 55.1 Å². The third-order valence-corrected chi connectivity index (χ3v) is 5.07. The molecule has 3 nitrogen and oxygen atoms in total. The zero-order valence-corrected chi connectivity index (χ0v) is 11.3. The van der Waals surface area contributed by atoms with Gasteiger partial charge in [-0.15, -0.1) is 0 Å². The van der Waals surface area contributed by atoms with Gasteiger partial charge < -0.3 is 11.1 Å². The highest BCUT2D eigenvalue weighted by atomic mass is 16.2. The number of carbonyl (C=O) groups is 1. The normalized spacial score (nSPS) is 35.0. The van der Waals surface area contributed by atoms with E-state index < -0.39 is 0 Å². The molecule has 0 aliphatic heterocycles. The lowest BCUT2D eigenvalue weighted by molar-refractivity contribution is -0.125. The van der Waals surface area contributed by atoms with Crippen molar-refractivity contribution in [2.24, 2.45) is 29.4 Å². The molecule has 0 bridgehead atoms. The van der Waals surface area contributed by atoms with Crippen LogP contribution in [-0.4, -0.2) is 18.0 Å². The number of rotatable bonds is 4. The Morgan fingerprint density at radius 2 is 1.88 bits per heavy atom. The number of nitrogens with one attached hydrogen (secondary N) is 1. The number of hydrogen-bond donors (Lipinski definition) is 2. The highest BCUT2D eigenvalue weighted by molar-refractivity contribution is 5.83. The fourth-order valence-corrected chi connectivity index (χ4v) is 3.18. The lowest BCUT2D eigenvalue weighted by Crippen LogP contribution is -2.55. The predicted molar refractivity (Wildman–Crippen MR) is 69.4 cm³/mol. The maximum atomic E-state index is 12.3. The number of amides is 1. The van der Waals surface area contributed by atoms with E-state index in [1.54, 1.807) is 0 Å². The summed E-state index contributed by atoms with van der Waals surface area (Å²) in [6, 6.07) is 0. The Morgan fingerprint density at radius 1 is 1.35 bits per heavy atom. The maximum Gasteiger partial charge on any atom is 0.224 e. The van der Waals surface area contributed by atoms with Gasteiger partial charge in [0.1, 0.15) is 0 Å². The van der Waals surface area contributed by atoms with Gasteiger partial charge >= 0.3 is 0 Å². The van der Waals surface area contributed by atoms with Gasteiger partial charge in [-0.25, -0.2) is 0 Å². The minimum absolute atomic E-state index is 0.247. The van der Waals surface area contributed by atoms with Crippen LogP contribution in [0.3, 0.4) is 0 Å². The van der Waals surface area contributed by atoms with E-state index >= 15 is 0 Å². The molecule has 2 fully saturated rings. The molecule has 0 heterocycles. The van der Waals surface area contributed by atoms with Crippen molar-refractivity contribution in [2.75, 3.05) is 6.54 Å². The molecular weight excluding hydrogens is 212 g/mol. The molecule has 3 unspecified atom stereocenters. The summed E-state index contributed by atoms with van der Waals surface area (Å²) in [6.07, 6.45) is 5.13. The highest BCUT2D eigenvalue weighted by Crippen LogP contribution is 2.55. The largest absolute Gasteiger partial charge is 0.349 e. The lowest BCUT2D eigenvalue weighted by atomic mass is 9.88. The highest BCUT2D eigenvalue weighted by Gasteiger charge is 2.55. The Hall–Kier alpha value is -0.570. The van der Waals surface area contributed by atoms with Gasteiger partial charge in [0, 0.05) is 12.5 Å². The van der Waals surface area contributed by atoms with E-state index in [9.17, 15) is 4.79 Å². The van der Waals surface area contributed by atoms with Crippen LogP contribution < -0.4 is 11.1 Å². The van der Waals surface area contributed by atoms with Crippen molar-refractivity contribution < 1.29 is 4.79 Å². The zero-order valence-electron chi connectivity index (χ0n) is 11.3. The SMILES string of the molecule is CC(C)C(C)(CN)NC(=O)C1C2CCCCC21. The molecule has 17 heavy (non-hydrogen) atoms. The average Bonchev–Trinajstić information content (AvgIpc) is 3.02. The standard InChI is InChI=1S/C14H26N2O/c1-9(2)14(3,8-15)16-13(17)12-10-6-4-5-7-11(10)12/h9-12H,4-8,15H2,1-3H3,(H,16,17). The maximum absolute atomic E-state index is 12.3. The molecule has 2 saturated carbocycles. The van der Waals surface area contributed by atoms with Crippen LogP contribution >= 0.6 is 0 Å². The zero-order chi connectivity index (χ0) is 12.6. The van der Waals surface area contributed by atoms with Gasteiger partial charge in [-0.05, 0) is 37.5 Å². The number of nitrogens with two attached hydrogens (primary N) is 1. The van der Waals surface area contributed by atoms with Crippen LogP contribution in [-0.2, 0) is 4.79 Å². The van der Waals surface area contributed by atoms with Crippen molar-refractivity contribution in [3.63, 3.8) is 0 Å². The van der Waals surface area contributed by atoms with Gasteiger partial charge in [-0.2, -0.15) is 0 Å². The monoisotopic (exact) mass is 238 g/mol. The number of fused-ring (bicyclic) bond motifs is 1. The van der Waals surface area contributed by atoms with Crippen LogP contribution in [0.4, 0.5) is 0 Å². The van der Waals surface area contributed by atoms with Gasteiger partial charge in [-0.3, -0.25) is 4.79 Å². The van der Waals surface area contributed by atoms with Gasteiger partial charge in [0.2, 0.25) is 5.91 Å². The van der Waals surface area contributed by atoms with Gasteiger partial charge in [0.15, 0.2) is 0 Å². The Balaban J connectivity index is 1.93. The summed E-state index contributed by atoms with van der Waals surface area (Å²) in [4.78, 5) is 12.3. The quantitative estimate of drug-likeness (QED) is 0.786. The molecule has 3 atom stereocenters. The minimum Gasteiger partial charge on any atom is -0.349 e. The second-order valence-electron chi connectivity index (χ2n) is 6.40. The van der Waals surface area contributed by atoms with Crippen molar-refractivity contribution >= 4 is 5.91 Å². The van der Waals surface area contributed by atoms with Crippen LogP contribution in [0.1, 0.15) is 46.5 Å². The summed E-state index contributed by atoms with van der Waals surface area (Å²) in [7, 11) is 0. The van der Waals surface area contributed by atoms with E-state index in [1.165, 1.54) is 25.7 Å². The molecule has 3 N–H and O–H groups in total. The first-order chi connectivity index (χ1) is 7.99. The first kappa shape index (κ1) is 12.9. The van der Waals surface area contributed by atoms with Crippen molar-refractivity contribution in [1.82, 2.24) is 5.32 Å². The molecule has 2 aliphatic rings. The lowest BCUT2D eigenvalue weighted by Gasteiger charge is -2.33. The molecule has 2 rings (SSSR count). The van der Waals surface area contributed by atoms with E-state index in [0.29, 0.717) is 30.2 Å². The number of hydrogen-bond acceptors (Lipinski definition) is 2. The molecule has 0 aromatic heterocycles. The van der Waals surface area contributed by atoms with Gasteiger partial charge in [0.05, 0.1) is 5.54 Å². The van der Waals surface area contributed by atoms with Crippen LogP contribution in [0.15, 0.2) is 0 Å². The summed E-state index contributed by atoms with van der Waals surface area (Å²) in [5.74, 6) is 2.28. The summed E-state index contributed by atoms with van der Waals surface area (Å²) < 4.78 is 0. The van der Waals surface area contributed by atoms with Crippen molar-refractivity contribution in [2.45, 2.75) is 52.0 Å². The van der Waals surface area contributed by atoms with E-state index in [2.05, 4.69) is 26.1 Å². The fraction of sp³-hybridized carbons (Fsp3) is 0.929. The predicted octanol–water partition coefficient (Wildman–Crippen LogP) is 1.91. The Morgan fingerprint density at radius 3 is 2.29 bits per heavy atom. The van der Waals surface area contributed by atoms with E-state index in [0.717, 1.165) is 0 Å². The Labute approximate surface area is 105 Å². The molecule has 0 radical (unpaired) electrons. The first-order valence-corrected chi connectivity index (χ1v) is 7.01. The minimum atomic E-state index is -0.247. The van der Waals surface area contributed by atoms with Gasteiger partial charge in [0.25, 0.3) is 0 Å². The van der Waals surface area contributed by atoms with Crippen molar-refractivity contribution in [1.29, 1.82) is 0 Å². The summed E-state index contributed by atoms with van der Waals surface area (Å²) in [6.45, 7) is 6.81. The number of carbonyl (C=O) groups excluding carboxylic acids is 1. The van der Waals surface area contributed by atoms with Crippen LogP contribution in [0.2, 0.25) is 0 Å². The molecule has 0 saturated heterocycles. The van der Waals surface area contributed by atoms with Crippen molar-refractivity contribution in [3.05, 3.63) is 0 Å². The summed E-state index contributed by atoms with van der Waals surface area (Å²) in [5, 5.41) is 3.20. The second kappa shape index (κ2) is 4.60. The molecular formula is C14H26N2O. The fourth-order valence-electron chi connectivity index (χ4n) is 3.18. The molecule has 0 spiro atoms. The van der Waals surface area contributed by atoms with Gasteiger partial charge in [-0.1, -0.05) is 26.7 Å². The summed E-state index contributed by atoms with van der Waals surface area (Å²) in [5.41, 5.74) is 5.56. The van der Waals surface area contributed by atoms with E-state index in [-0.39, 0.29) is 11.4 Å². The van der Waals surface area contributed by atoms with Crippen LogP contribution in [0.5, 0.6) is 0 Å². The second-order valence-corrected chi connectivity index (χ2v) is 6.40. The van der Waals surface area contributed by atoms with Crippen molar-refractivity contribution in [3.8, 4) is 0 Å². The third kappa shape index (κ3) is 2.35. The molecule has 1 amide bonds. The molecule has 0 aromatic carbocycles. The molecule has 98 valence electrons. The smallest absolute Gasteiger partial charge is 0.224 e. The molecule has 2 aliphatic carbocycles. The van der Waals surface area contributed by atoms with E-state index in [4.69, 9.17) is 5.73 Å². The molecule has 3 heteroatoms.